The third-order valence-corrected chi connectivity index (χ3v) is 5.24. The first-order valence-corrected chi connectivity index (χ1v) is 9.28. The van der Waals surface area contributed by atoms with Crippen LogP contribution in [0.4, 0.5) is 9.93 Å². The fourth-order valence-corrected chi connectivity index (χ4v) is 4.02. The van der Waals surface area contributed by atoms with Gasteiger partial charge in [0, 0.05) is 11.3 Å². The molecular formula is C20H16N2O4S. The quantitative estimate of drug-likeness (QED) is 0.695. The molecular weight excluding hydrogens is 364 g/mol. The predicted octanol–water partition coefficient (Wildman–Crippen LogP) is 4.13. The molecule has 0 aliphatic heterocycles. The average molecular weight is 380 g/mol. The van der Waals surface area contributed by atoms with Crippen molar-refractivity contribution in [1.82, 2.24) is 4.98 Å². The molecule has 0 saturated carbocycles. The van der Waals surface area contributed by atoms with Gasteiger partial charge in [-0.2, -0.15) is 0 Å². The van der Waals surface area contributed by atoms with Crippen molar-refractivity contribution >= 4 is 28.5 Å². The maximum atomic E-state index is 12.1. The van der Waals surface area contributed by atoms with E-state index in [9.17, 15) is 9.59 Å². The first kappa shape index (κ1) is 17.2. The zero-order chi connectivity index (χ0) is 18.8. The number of amides is 1. The molecule has 1 aromatic heterocycles. The van der Waals surface area contributed by atoms with Gasteiger partial charge in [0.05, 0.1) is 12.1 Å². The average Bonchev–Trinajstić information content (AvgIpc) is 3.21. The Kier molecular flexibility index (Phi) is 4.60. The molecule has 2 N–H and O–H groups in total. The van der Waals surface area contributed by atoms with Gasteiger partial charge in [0.15, 0.2) is 5.13 Å². The number of benzene rings is 2. The summed E-state index contributed by atoms with van der Waals surface area (Å²) in [6, 6.07) is 16.2. The number of nitrogens with zero attached hydrogens (tertiary/aromatic N) is 1. The number of ether oxygens (including phenoxy) is 1. The number of fused-ring (bicyclic) bond motifs is 3. The van der Waals surface area contributed by atoms with Crippen LogP contribution in [-0.4, -0.2) is 28.8 Å². The van der Waals surface area contributed by atoms with Crippen molar-refractivity contribution in [3.8, 4) is 11.1 Å². The van der Waals surface area contributed by atoms with Gasteiger partial charge >= 0.3 is 12.1 Å². The molecule has 3 aromatic rings. The summed E-state index contributed by atoms with van der Waals surface area (Å²) in [4.78, 5) is 26.9. The lowest BCUT2D eigenvalue weighted by molar-refractivity contribution is -0.136. The van der Waals surface area contributed by atoms with E-state index in [4.69, 9.17) is 9.84 Å². The van der Waals surface area contributed by atoms with Crippen molar-refractivity contribution in [2.75, 3.05) is 11.9 Å². The highest BCUT2D eigenvalue weighted by Crippen LogP contribution is 2.44. The summed E-state index contributed by atoms with van der Waals surface area (Å²) >= 11 is 1.17. The van der Waals surface area contributed by atoms with Crippen LogP contribution in [0.25, 0.3) is 11.1 Å². The van der Waals surface area contributed by atoms with Crippen molar-refractivity contribution in [2.45, 2.75) is 12.3 Å². The second kappa shape index (κ2) is 7.20. The summed E-state index contributed by atoms with van der Waals surface area (Å²) in [5.74, 6) is -0.977. The van der Waals surface area contributed by atoms with Crippen LogP contribution in [0.1, 0.15) is 22.7 Å². The van der Waals surface area contributed by atoms with Crippen LogP contribution < -0.4 is 5.32 Å². The highest BCUT2D eigenvalue weighted by atomic mass is 32.1. The van der Waals surface area contributed by atoms with Crippen LogP contribution >= 0.6 is 11.3 Å². The van der Waals surface area contributed by atoms with Gasteiger partial charge in [0.25, 0.3) is 0 Å². The minimum absolute atomic E-state index is 0.0120. The van der Waals surface area contributed by atoms with E-state index in [0.29, 0.717) is 10.8 Å². The van der Waals surface area contributed by atoms with E-state index < -0.39 is 12.1 Å². The fourth-order valence-electron chi connectivity index (χ4n) is 3.32. The van der Waals surface area contributed by atoms with E-state index in [1.54, 1.807) is 5.38 Å². The maximum Gasteiger partial charge on any atom is 0.413 e. The van der Waals surface area contributed by atoms with Gasteiger partial charge in [-0.25, -0.2) is 9.78 Å². The standard InChI is InChI=1S/C20H16N2O4S/c23-18(24)9-12-11-27-19(21-12)22-20(25)26-10-17-15-7-3-1-5-13(15)14-6-2-4-8-16(14)17/h1-8,11,17H,9-10H2,(H,23,24)(H,21,22,25). The second-order valence-electron chi connectivity index (χ2n) is 6.17. The fraction of sp³-hybridized carbons (Fsp3) is 0.150. The number of nitrogens with one attached hydrogen (secondary N) is 1. The molecule has 2 aromatic carbocycles. The van der Waals surface area contributed by atoms with Crippen LogP contribution in [0.3, 0.4) is 0 Å². The molecule has 0 fully saturated rings. The Morgan fingerprint density at radius 3 is 2.33 bits per heavy atom. The van der Waals surface area contributed by atoms with Gasteiger partial charge < -0.3 is 9.84 Å². The lowest BCUT2D eigenvalue weighted by Gasteiger charge is -2.14. The first-order chi connectivity index (χ1) is 13.1. The monoisotopic (exact) mass is 380 g/mol. The number of carbonyl (C=O) groups is 2. The molecule has 27 heavy (non-hydrogen) atoms. The minimum atomic E-state index is -0.965. The molecule has 136 valence electrons. The van der Waals surface area contributed by atoms with Gasteiger partial charge in [-0.05, 0) is 22.3 Å². The highest BCUT2D eigenvalue weighted by molar-refractivity contribution is 7.13. The molecule has 6 nitrogen and oxygen atoms in total. The number of rotatable bonds is 5. The SMILES string of the molecule is O=C(O)Cc1csc(NC(=O)OCC2c3ccccc3-c3ccccc32)n1. The molecule has 7 heteroatoms. The molecule has 1 heterocycles. The second-order valence-corrected chi connectivity index (χ2v) is 7.02. The number of carboxylic acids is 1. The number of anilines is 1. The maximum absolute atomic E-state index is 12.1. The molecule has 1 amide bonds. The summed E-state index contributed by atoms with van der Waals surface area (Å²) in [6.45, 7) is 0.215. The van der Waals surface area contributed by atoms with Crippen LogP contribution in [0, 0.1) is 0 Å². The zero-order valence-electron chi connectivity index (χ0n) is 14.2. The number of hydrogen-bond donors (Lipinski definition) is 2. The number of carbonyl (C=O) groups excluding carboxylic acids is 1. The topological polar surface area (TPSA) is 88.5 Å². The number of carboxylic acid groups (broad SMARTS) is 1. The first-order valence-electron chi connectivity index (χ1n) is 8.40. The Morgan fingerprint density at radius 1 is 1.07 bits per heavy atom. The minimum Gasteiger partial charge on any atom is -0.481 e. The lowest BCUT2D eigenvalue weighted by atomic mass is 9.98. The molecule has 0 unspecified atom stereocenters. The lowest BCUT2D eigenvalue weighted by Crippen LogP contribution is -2.17. The van der Waals surface area contributed by atoms with Gasteiger partial charge in [-0.15, -0.1) is 11.3 Å². The van der Waals surface area contributed by atoms with Crippen LogP contribution in [-0.2, 0) is 16.0 Å². The van der Waals surface area contributed by atoms with Gasteiger partial charge in [-0.3, -0.25) is 10.1 Å². The zero-order valence-corrected chi connectivity index (χ0v) is 15.0. The molecule has 0 spiro atoms. The predicted molar refractivity (Wildman–Crippen MR) is 102 cm³/mol. The van der Waals surface area contributed by atoms with Crippen molar-refractivity contribution in [2.24, 2.45) is 0 Å². The third kappa shape index (κ3) is 3.54. The van der Waals surface area contributed by atoms with E-state index in [1.807, 2.05) is 24.3 Å². The van der Waals surface area contributed by atoms with E-state index in [2.05, 4.69) is 34.6 Å². The number of thiazole rings is 1. The Labute approximate surface area is 159 Å². The molecule has 4 rings (SSSR count). The summed E-state index contributed by atoms with van der Waals surface area (Å²) in [5.41, 5.74) is 5.02. The van der Waals surface area contributed by atoms with Gasteiger partial charge in [0.2, 0.25) is 0 Å². The van der Waals surface area contributed by atoms with Gasteiger partial charge in [-0.1, -0.05) is 48.5 Å². The summed E-state index contributed by atoms with van der Waals surface area (Å²) in [7, 11) is 0. The normalized spacial score (nSPS) is 12.3. The van der Waals surface area contributed by atoms with E-state index >= 15 is 0 Å². The highest BCUT2D eigenvalue weighted by Gasteiger charge is 2.29. The number of hydrogen-bond acceptors (Lipinski definition) is 5. The molecule has 1 aliphatic carbocycles. The van der Waals surface area contributed by atoms with E-state index in [-0.39, 0.29) is 18.9 Å². The van der Waals surface area contributed by atoms with Gasteiger partial charge in [0.1, 0.15) is 6.61 Å². The smallest absolute Gasteiger partial charge is 0.413 e. The van der Waals surface area contributed by atoms with Crippen LogP contribution in [0.2, 0.25) is 0 Å². The Bertz CT molecular complexity index is 969. The Balaban J connectivity index is 1.43. The van der Waals surface area contributed by atoms with Crippen molar-refractivity contribution in [1.29, 1.82) is 0 Å². The number of aromatic nitrogens is 1. The molecule has 0 atom stereocenters. The summed E-state index contributed by atoms with van der Waals surface area (Å²) < 4.78 is 5.43. The van der Waals surface area contributed by atoms with Crippen molar-refractivity contribution in [3.63, 3.8) is 0 Å². The van der Waals surface area contributed by atoms with Crippen LogP contribution in [0.15, 0.2) is 53.9 Å². The molecule has 1 aliphatic rings. The summed E-state index contributed by atoms with van der Waals surface area (Å²) in [5, 5.41) is 13.3. The Morgan fingerprint density at radius 2 is 1.70 bits per heavy atom. The Hall–Kier alpha value is -3.19. The van der Waals surface area contributed by atoms with Crippen molar-refractivity contribution in [3.05, 3.63) is 70.7 Å². The summed E-state index contributed by atoms with van der Waals surface area (Å²) in [6.07, 6.45) is -0.781. The third-order valence-electron chi connectivity index (χ3n) is 4.44. The number of aliphatic carboxylic acids is 1. The largest absolute Gasteiger partial charge is 0.481 e. The van der Waals surface area contributed by atoms with E-state index in [0.717, 1.165) is 11.1 Å². The van der Waals surface area contributed by atoms with E-state index in [1.165, 1.54) is 22.5 Å². The molecule has 0 radical (unpaired) electrons. The van der Waals surface area contributed by atoms with Crippen molar-refractivity contribution < 1.29 is 19.4 Å². The van der Waals surface area contributed by atoms with Crippen LogP contribution in [0.5, 0.6) is 0 Å². The molecule has 0 saturated heterocycles. The molecule has 0 bridgehead atoms.